The first-order valence-corrected chi connectivity index (χ1v) is 7.73. The van der Waals surface area contributed by atoms with Crippen molar-refractivity contribution in [3.8, 4) is 11.1 Å². The van der Waals surface area contributed by atoms with E-state index in [4.69, 9.17) is 16.5 Å². The van der Waals surface area contributed by atoms with Gasteiger partial charge in [-0.05, 0) is 18.2 Å². The van der Waals surface area contributed by atoms with Crippen molar-refractivity contribution in [1.29, 1.82) is 0 Å². The molecule has 24 heavy (non-hydrogen) atoms. The fraction of sp³-hybridized carbons (Fsp3) is 0.167. The lowest BCUT2D eigenvalue weighted by Gasteiger charge is -2.32. The molecule has 3 heterocycles. The van der Waals surface area contributed by atoms with Crippen molar-refractivity contribution in [2.24, 2.45) is 18.5 Å². The zero-order valence-corrected chi connectivity index (χ0v) is 13.3. The van der Waals surface area contributed by atoms with Crippen molar-refractivity contribution in [2.75, 3.05) is 0 Å². The van der Waals surface area contributed by atoms with Crippen molar-refractivity contribution < 1.29 is 0 Å². The zero-order valence-electron chi connectivity index (χ0n) is 13.3. The molecule has 0 bridgehead atoms. The molecule has 6 nitrogen and oxygen atoms in total. The molecule has 4 N–H and O–H groups in total. The summed E-state index contributed by atoms with van der Waals surface area (Å²) in [5.74, 6) is 0. The number of nitrogens with zero attached hydrogens (tertiary/aromatic N) is 4. The summed E-state index contributed by atoms with van der Waals surface area (Å²) in [7, 11) is 1.89. The number of aromatic nitrogens is 4. The van der Waals surface area contributed by atoms with Crippen molar-refractivity contribution in [1.82, 2.24) is 19.7 Å². The average molecular weight is 318 g/mol. The van der Waals surface area contributed by atoms with Crippen molar-refractivity contribution >= 4 is 11.0 Å². The number of rotatable bonds is 2. The molecule has 4 rings (SSSR count). The first kappa shape index (κ1) is 14.7. The van der Waals surface area contributed by atoms with Crippen LogP contribution in [0.3, 0.4) is 0 Å². The largest absolute Gasteiger partial charge is 0.322 e. The highest BCUT2D eigenvalue weighted by Gasteiger charge is 2.33. The highest BCUT2D eigenvalue weighted by molar-refractivity contribution is 5.80. The van der Waals surface area contributed by atoms with Gasteiger partial charge in [0.1, 0.15) is 0 Å². The van der Waals surface area contributed by atoms with E-state index < -0.39 is 5.54 Å². The minimum absolute atomic E-state index is 0.318. The number of allylic oxidation sites excluding steroid dienone is 2. The number of aryl methyl sites for hydroxylation is 1. The number of nitrogens with two attached hydrogens (primary N) is 2. The Morgan fingerprint density at radius 3 is 2.75 bits per heavy atom. The van der Waals surface area contributed by atoms with E-state index in [1.54, 1.807) is 4.68 Å². The van der Waals surface area contributed by atoms with Gasteiger partial charge in [0.05, 0.1) is 34.5 Å². The van der Waals surface area contributed by atoms with Gasteiger partial charge in [-0.1, -0.05) is 24.3 Å². The third-order valence-electron chi connectivity index (χ3n) is 4.37. The second kappa shape index (κ2) is 5.36. The molecule has 2 unspecified atom stereocenters. The molecule has 1 aliphatic carbocycles. The Bertz CT molecular complexity index is 971. The fourth-order valence-corrected chi connectivity index (χ4v) is 2.90. The minimum atomic E-state index is -0.812. The molecular formula is C18H18N6. The molecule has 1 aliphatic rings. The number of fused-ring (bicyclic) bond motifs is 1. The van der Waals surface area contributed by atoms with E-state index in [9.17, 15) is 0 Å². The lowest BCUT2D eigenvalue weighted by molar-refractivity contribution is 0.480. The van der Waals surface area contributed by atoms with Crippen LogP contribution in [0, 0.1) is 0 Å². The van der Waals surface area contributed by atoms with E-state index in [2.05, 4.69) is 10.1 Å². The minimum Gasteiger partial charge on any atom is -0.322 e. The Morgan fingerprint density at radius 1 is 1.12 bits per heavy atom. The van der Waals surface area contributed by atoms with Gasteiger partial charge in [0.15, 0.2) is 0 Å². The Kier molecular flexibility index (Phi) is 3.30. The Labute approximate surface area is 139 Å². The molecule has 0 fully saturated rings. The molecule has 0 saturated carbocycles. The standard InChI is InChI=1S/C18H18N6/c1-24-11-13(10-22-24)12-8-15-14(21-9-12)5-6-17(23-15)18(20)7-3-2-4-16(18)19/h2-11,16H,19-20H2,1H3. The van der Waals surface area contributed by atoms with Crippen molar-refractivity contribution in [3.63, 3.8) is 0 Å². The van der Waals surface area contributed by atoms with E-state index in [0.717, 1.165) is 27.9 Å². The van der Waals surface area contributed by atoms with Gasteiger partial charge in [0.2, 0.25) is 0 Å². The number of pyridine rings is 2. The molecule has 0 aliphatic heterocycles. The summed E-state index contributed by atoms with van der Waals surface area (Å²) in [6, 6.07) is 5.50. The fourth-order valence-electron chi connectivity index (χ4n) is 2.90. The molecule has 0 spiro atoms. The van der Waals surface area contributed by atoms with Crippen LogP contribution in [0.1, 0.15) is 5.69 Å². The molecule has 0 aromatic carbocycles. The number of hydrogen-bond donors (Lipinski definition) is 2. The Balaban J connectivity index is 1.82. The quantitative estimate of drug-likeness (QED) is 0.749. The maximum absolute atomic E-state index is 6.51. The summed E-state index contributed by atoms with van der Waals surface area (Å²) < 4.78 is 1.76. The lowest BCUT2D eigenvalue weighted by Crippen LogP contribution is -2.51. The van der Waals surface area contributed by atoms with Crippen molar-refractivity contribution in [2.45, 2.75) is 11.6 Å². The molecule has 6 heteroatoms. The van der Waals surface area contributed by atoms with Gasteiger partial charge in [-0.3, -0.25) is 9.67 Å². The molecular weight excluding hydrogens is 300 g/mol. The van der Waals surface area contributed by atoms with Gasteiger partial charge >= 0.3 is 0 Å². The highest BCUT2D eigenvalue weighted by atomic mass is 15.2. The third-order valence-corrected chi connectivity index (χ3v) is 4.37. The highest BCUT2D eigenvalue weighted by Crippen LogP contribution is 2.27. The van der Waals surface area contributed by atoms with Crippen LogP contribution in [0.25, 0.3) is 22.2 Å². The average Bonchev–Trinajstić information content (AvgIpc) is 3.03. The normalized spacial score (nSPS) is 23.0. The molecule has 3 aromatic rings. The van der Waals surface area contributed by atoms with Gasteiger partial charge < -0.3 is 11.5 Å². The summed E-state index contributed by atoms with van der Waals surface area (Å²) in [6.07, 6.45) is 13.2. The SMILES string of the molecule is Cn1cc(-c2cnc3ccc(C4(N)C=CC=CC4N)nc3c2)cn1. The van der Waals surface area contributed by atoms with Gasteiger partial charge in [-0.2, -0.15) is 5.10 Å². The monoisotopic (exact) mass is 318 g/mol. The molecule has 0 radical (unpaired) electrons. The van der Waals surface area contributed by atoms with Crippen LogP contribution in [0.2, 0.25) is 0 Å². The second-order valence-corrected chi connectivity index (χ2v) is 6.06. The maximum atomic E-state index is 6.51. The molecule has 3 aromatic heterocycles. The Morgan fingerprint density at radius 2 is 2.00 bits per heavy atom. The molecule has 0 saturated heterocycles. The zero-order chi connectivity index (χ0) is 16.7. The van der Waals surface area contributed by atoms with Gasteiger partial charge in [0.25, 0.3) is 0 Å². The first-order chi connectivity index (χ1) is 11.6. The van der Waals surface area contributed by atoms with Gasteiger partial charge in [-0.25, -0.2) is 4.98 Å². The predicted molar refractivity (Wildman–Crippen MR) is 93.9 cm³/mol. The second-order valence-electron chi connectivity index (χ2n) is 6.06. The number of hydrogen-bond acceptors (Lipinski definition) is 5. The summed E-state index contributed by atoms with van der Waals surface area (Å²) in [4.78, 5) is 9.23. The van der Waals surface area contributed by atoms with E-state index in [1.807, 2.05) is 68.1 Å². The first-order valence-electron chi connectivity index (χ1n) is 7.73. The van der Waals surface area contributed by atoms with Crippen LogP contribution in [0.4, 0.5) is 0 Å². The topological polar surface area (TPSA) is 95.6 Å². The lowest BCUT2D eigenvalue weighted by atomic mass is 9.84. The predicted octanol–water partition coefficient (Wildman–Crippen LogP) is 1.64. The third kappa shape index (κ3) is 2.33. The summed E-state index contributed by atoms with van der Waals surface area (Å²) >= 11 is 0. The smallest absolute Gasteiger partial charge is 0.0961 e. The summed E-state index contributed by atoms with van der Waals surface area (Å²) in [6.45, 7) is 0. The van der Waals surface area contributed by atoms with Crippen LogP contribution in [0.5, 0.6) is 0 Å². The van der Waals surface area contributed by atoms with E-state index in [1.165, 1.54) is 0 Å². The summed E-state index contributed by atoms with van der Waals surface area (Å²) in [5.41, 5.74) is 16.2. The van der Waals surface area contributed by atoms with Crippen molar-refractivity contribution in [3.05, 3.63) is 66.8 Å². The molecule has 2 atom stereocenters. The summed E-state index contributed by atoms with van der Waals surface area (Å²) in [5, 5.41) is 4.20. The van der Waals surface area contributed by atoms with Crippen LogP contribution in [0.15, 0.2) is 61.1 Å². The Hall–Kier alpha value is -2.83. The van der Waals surface area contributed by atoms with Gasteiger partial charge in [-0.15, -0.1) is 0 Å². The van der Waals surface area contributed by atoms with Crippen LogP contribution in [-0.4, -0.2) is 25.8 Å². The molecule has 0 amide bonds. The van der Waals surface area contributed by atoms with E-state index in [-0.39, 0.29) is 6.04 Å². The van der Waals surface area contributed by atoms with E-state index in [0.29, 0.717) is 0 Å². The van der Waals surface area contributed by atoms with Crippen LogP contribution < -0.4 is 11.5 Å². The van der Waals surface area contributed by atoms with E-state index >= 15 is 0 Å². The van der Waals surface area contributed by atoms with Crippen LogP contribution >= 0.6 is 0 Å². The van der Waals surface area contributed by atoms with Crippen LogP contribution in [-0.2, 0) is 12.6 Å². The maximum Gasteiger partial charge on any atom is 0.0961 e. The van der Waals surface area contributed by atoms with Gasteiger partial charge in [0, 0.05) is 30.6 Å². The molecule has 120 valence electrons.